The van der Waals surface area contributed by atoms with Gasteiger partial charge in [0, 0.05) is 23.1 Å². The van der Waals surface area contributed by atoms with E-state index in [9.17, 15) is 9.90 Å². The van der Waals surface area contributed by atoms with Gasteiger partial charge >= 0.3 is 5.97 Å². The Labute approximate surface area is 230 Å². The molecule has 6 nitrogen and oxygen atoms in total. The molecular formula is C31H34ClNO5. The molecule has 3 aromatic carbocycles. The van der Waals surface area contributed by atoms with Gasteiger partial charge < -0.3 is 19.3 Å². The molecule has 1 N–H and O–H groups in total. The van der Waals surface area contributed by atoms with Crippen molar-refractivity contribution in [3.63, 3.8) is 0 Å². The molecule has 2 aliphatic heterocycles. The second kappa shape index (κ2) is 10.3. The third-order valence-corrected chi connectivity index (χ3v) is 6.70. The molecule has 0 fully saturated rings. The lowest BCUT2D eigenvalue weighted by Crippen LogP contribution is -2.30. The maximum Gasteiger partial charge on any atom is 0.339 e. The molecule has 7 heteroatoms. The van der Waals surface area contributed by atoms with Crippen LogP contribution in [0.3, 0.4) is 0 Å². The predicted molar refractivity (Wildman–Crippen MR) is 151 cm³/mol. The molecule has 0 saturated carbocycles. The highest BCUT2D eigenvalue weighted by molar-refractivity contribution is 6.16. The molecule has 0 spiro atoms. The average molecular weight is 536 g/mol. The summed E-state index contributed by atoms with van der Waals surface area (Å²) in [6, 6.07) is 17.0. The summed E-state index contributed by atoms with van der Waals surface area (Å²) in [5.41, 5.74) is 5.33. The Morgan fingerprint density at radius 3 is 2.42 bits per heavy atom. The molecule has 0 bridgehead atoms. The Balaban J connectivity index is 0.00000336. The molecule has 0 unspecified atom stereocenters. The molecule has 5 rings (SSSR count). The van der Waals surface area contributed by atoms with Crippen molar-refractivity contribution in [2.24, 2.45) is 4.99 Å². The van der Waals surface area contributed by atoms with E-state index in [-0.39, 0.29) is 35.7 Å². The molecule has 0 atom stereocenters. The van der Waals surface area contributed by atoms with Crippen molar-refractivity contribution < 1.29 is 24.1 Å². The summed E-state index contributed by atoms with van der Waals surface area (Å²) in [6.07, 6.45) is 1.50. The van der Waals surface area contributed by atoms with Gasteiger partial charge in [-0.1, -0.05) is 36.4 Å². The van der Waals surface area contributed by atoms with Crippen molar-refractivity contribution in [1.29, 1.82) is 0 Å². The molecule has 0 saturated heterocycles. The zero-order valence-electron chi connectivity index (χ0n) is 22.5. The van der Waals surface area contributed by atoms with Gasteiger partial charge in [0.2, 0.25) is 0 Å². The number of carboxylic acid groups (broad SMARTS) is 1. The minimum Gasteiger partial charge on any atom is -0.490 e. The molecule has 3 aromatic rings. The van der Waals surface area contributed by atoms with Crippen molar-refractivity contribution in [3.8, 4) is 17.2 Å². The summed E-state index contributed by atoms with van der Waals surface area (Å²) in [6.45, 7) is 11.2. The molecule has 0 radical (unpaired) electrons. The minimum absolute atomic E-state index is 0. The van der Waals surface area contributed by atoms with Crippen molar-refractivity contribution in [3.05, 3.63) is 88.0 Å². The second-order valence-corrected chi connectivity index (χ2v) is 10.9. The minimum atomic E-state index is -1.03. The van der Waals surface area contributed by atoms with Gasteiger partial charge in [-0.2, -0.15) is 0 Å². The molecule has 38 heavy (non-hydrogen) atoms. The van der Waals surface area contributed by atoms with E-state index in [1.165, 1.54) is 0 Å². The van der Waals surface area contributed by atoms with E-state index in [1.807, 2.05) is 43.3 Å². The second-order valence-electron chi connectivity index (χ2n) is 10.9. The summed E-state index contributed by atoms with van der Waals surface area (Å²) in [5.74, 6) is 0.840. The molecule has 0 aliphatic carbocycles. The van der Waals surface area contributed by atoms with Gasteiger partial charge in [0.1, 0.15) is 23.5 Å². The Hall–Kier alpha value is -3.51. The lowest BCUT2D eigenvalue weighted by molar-refractivity contribution is 0.0691. The lowest BCUT2D eigenvalue weighted by atomic mass is 9.81. The number of ether oxygens (including phenoxy) is 3. The first-order chi connectivity index (χ1) is 17.6. The fourth-order valence-corrected chi connectivity index (χ4v) is 5.24. The number of fused-ring (bicyclic) bond motifs is 3. The van der Waals surface area contributed by atoms with Crippen LogP contribution in [0.2, 0.25) is 0 Å². The Morgan fingerprint density at radius 2 is 1.74 bits per heavy atom. The maximum atomic E-state index is 12.0. The number of benzene rings is 3. The molecule has 2 aliphatic rings. The van der Waals surface area contributed by atoms with Crippen molar-refractivity contribution >= 4 is 24.1 Å². The van der Waals surface area contributed by atoms with Crippen LogP contribution < -0.4 is 14.2 Å². The number of carbonyl (C=O) groups is 1. The normalized spacial score (nSPS) is 16.3. The van der Waals surface area contributed by atoms with E-state index in [4.69, 9.17) is 19.2 Å². The van der Waals surface area contributed by atoms with Gasteiger partial charge in [0.15, 0.2) is 11.5 Å². The van der Waals surface area contributed by atoms with Gasteiger partial charge in [-0.3, -0.25) is 4.99 Å². The van der Waals surface area contributed by atoms with E-state index >= 15 is 0 Å². The van der Waals surface area contributed by atoms with Crippen LogP contribution in [0.5, 0.6) is 17.2 Å². The highest BCUT2D eigenvalue weighted by Gasteiger charge is 2.40. The lowest BCUT2D eigenvalue weighted by Gasteiger charge is -2.31. The predicted octanol–water partition coefficient (Wildman–Crippen LogP) is 6.67. The van der Waals surface area contributed by atoms with Gasteiger partial charge in [0.25, 0.3) is 0 Å². The van der Waals surface area contributed by atoms with Crippen molar-refractivity contribution in [2.75, 3.05) is 6.61 Å². The van der Waals surface area contributed by atoms with Crippen LogP contribution in [-0.4, -0.2) is 34.5 Å². The number of halogens is 1. The third kappa shape index (κ3) is 5.37. The molecular weight excluding hydrogens is 502 g/mol. The maximum absolute atomic E-state index is 12.0. The van der Waals surface area contributed by atoms with E-state index in [0.717, 1.165) is 57.9 Å². The fourth-order valence-electron chi connectivity index (χ4n) is 5.24. The summed E-state index contributed by atoms with van der Waals surface area (Å²) < 4.78 is 18.4. The van der Waals surface area contributed by atoms with Gasteiger partial charge in [-0.25, -0.2) is 4.79 Å². The standard InChI is InChI=1S/C31H33NO5.ClH/c1-6-35-25-15-21-16-30(2,3)32-27(26(21)23-17-31(4,5)37-28(23)25)20-12-13-22(29(33)34)24(14-20)36-18-19-10-8-7-9-11-19;/h7-15H,6,16-18H2,1-5H3,(H,33,34);1H. The first-order valence-corrected chi connectivity index (χ1v) is 12.7. The first-order valence-electron chi connectivity index (χ1n) is 12.7. The van der Waals surface area contributed by atoms with Gasteiger partial charge in [-0.15, -0.1) is 12.4 Å². The fraction of sp³-hybridized carbons (Fsp3) is 0.355. The number of rotatable bonds is 7. The van der Waals surface area contributed by atoms with Crippen molar-refractivity contribution in [1.82, 2.24) is 0 Å². The highest BCUT2D eigenvalue weighted by atomic mass is 35.5. The smallest absolute Gasteiger partial charge is 0.339 e. The molecule has 2 heterocycles. The van der Waals surface area contributed by atoms with Gasteiger partial charge in [0.05, 0.1) is 17.9 Å². The number of hydrogen-bond acceptors (Lipinski definition) is 5. The molecule has 0 aromatic heterocycles. The summed E-state index contributed by atoms with van der Waals surface area (Å²) >= 11 is 0. The molecule has 200 valence electrons. The number of hydrogen-bond donors (Lipinski definition) is 1. The summed E-state index contributed by atoms with van der Waals surface area (Å²) in [5, 5.41) is 9.83. The van der Waals surface area contributed by atoms with Crippen LogP contribution in [0.4, 0.5) is 0 Å². The van der Waals surface area contributed by atoms with Crippen LogP contribution in [0.25, 0.3) is 0 Å². The van der Waals surface area contributed by atoms with Gasteiger partial charge in [-0.05, 0) is 70.4 Å². The Morgan fingerprint density at radius 1 is 1.00 bits per heavy atom. The summed E-state index contributed by atoms with van der Waals surface area (Å²) in [7, 11) is 0. The molecule has 0 amide bonds. The van der Waals surface area contributed by atoms with Crippen LogP contribution in [0, 0.1) is 0 Å². The number of nitrogens with zero attached hydrogens (tertiary/aromatic N) is 1. The number of aromatic carboxylic acids is 1. The van der Waals surface area contributed by atoms with Crippen molar-refractivity contribution in [2.45, 2.75) is 65.2 Å². The van der Waals surface area contributed by atoms with Crippen LogP contribution >= 0.6 is 12.4 Å². The third-order valence-electron chi connectivity index (χ3n) is 6.70. The van der Waals surface area contributed by atoms with E-state index in [0.29, 0.717) is 12.4 Å². The van der Waals surface area contributed by atoms with Crippen LogP contribution in [0.15, 0.2) is 59.6 Å². The van der Waals surface area contributed by atoms with Crippen LogP contribution in [0.1, 0.15) is 72.8 Å². The SMILES string of the molecule is CCOc1cc2c(c3c1OC(C)(C)C3)C(c1ccc(C(=O)O)c(OCc3ccccc3)c1)=NC(C)(C)C2.Cl. The van der Waals surface area contributed by atoms with E-state index in [2.05, 4.69) is 33.8 Å². The summed E-state index contributed by atoms with van der Waals surface area (Å²) in [4.78, 5) is 17.2. The quantitative estimate of drug-likeness (QED) is 0.365. The number of aliphatic imine (C=N–C) groups is 1. The average Bonchev–Trinajstić information content (AvgIpc) is 3.17. The first kappa shape index (κ1) is 27.5. The zero-order chi connectivity index (χ0) is 26.4. The van der Waals surface area contributed by atoms with E-state index in [1.54, 1.807) is 12.1 Å². The zero-order valence-corrected chi connectivity index (χ0v) is 23.3. The highest BCUT2D eigenvalue weighted by Crippen LogP contribution is 2.48. The largest absolute Gasteiger partial charge is 0.490 e. The Bertz CT molecular complexity index is 1400. The van der Waals surface area contributed by atoms with E-state index < -0.39 is 5.97 Å². The number of carboxylic acids is 1. The topological polar surface area (TPSA) is 77.4 Å². The Kier molecular flexibility index (Phi) is 7.48. The monoisotopic (exact) mass is 535 g/mol. The van der Waals surface area contributed by atoms with Crippen LogP contribution in [-0.2, 0) is 19.4 Å².